The van der Waals surface area contributed by atoms with Crippen molar-refractivity contribution in [1.29, 1.82) is 0 Å². The smallest absolute Gasteiger partial charge is 0.251 e. The van der Waals surface area contributed by atoms with Gasteiger partial charge in [0, 0.05) is 25.2 Å². The zero-order valence-corrected chi connectivity index (χ0v) is 12.5. The Morgan fingerprint density at radius 3 is 2.71 bits per heavy atom. The Morgan fingerprint density at radius 1 is 1.29 bits per heavy atom. The number of hydrogen-bond donors (Lipinski definition) is 2. The van der Waals surface area contributed by atoms with Gasteiger partial charge in [0.15, 0.2) is 0 Å². The van der Waals surface area contributed by atoms with Crippen LogP contribution in [0, 0.1) is 0 Å². The largest absolute Gasteiger partial charge is 0.343 e. The Hall–Kier alpha value is -1.88. The molecule has 0 radical (unpaired) electrons. The maximum Gasteiger partial charge on any atom is 0.251 e. The lowest BCUT2D eigenvalue weighted by Crippen LogP contribution is -2.46. The number of amides is 2. The third-order valence-electron chi connectivity index (χ3n) is 3.77. The highest BCUT2D eigenvalue weighted by atomic mass is 16.2. The quantitative estimate of drug-likeness (QED) is 0.850. The molecule has 5 nitrogen and oxygen atoms in total. The Kier molecular flexibility index (Phi) is 5.75. The molecular formula is C16H23N3O2. The number of nitrogens with one attached hydrogen (secondary N) is 2. The summed E-state index contributed by atoms with van der Waals surface area (Å²) in [7, 11) is 1.79. The molecule has 2 rings (SSSR count). The van der Waals surface area contributed by atoms with E-state index in [2.05, 4.69) is 10.6 Å². The molecule has 1 aromatic carbocycles. The van der Waals surface area contributed by atoms with Crippen molar-refractivity contribution in [3.8, 4) is 0 Å². The Morgan fingerprint density at radius 2 is 2.05 bits per heavy atom. The van der Waals surface area contributed by atoms with Crippen LogP contribution < -0.4 is 10.6 Å². The fraction of sp³-hybridized carbons (Fsp3) is 0.500. The Bertz CT molecular complexity index is 470. The van der Waals surface area contributed by atoms with E-state index < -0.39 is 0 Å². The molecule has 1 atom stereocenters. The zero-order chi connectivity index (χ0) is 15.1. The first-order valence-electron chi connectivity index (χ1n) is 7.47. The fourth-order valence-electron chi connectivity index (χ4n) is 2.49. The maximum atomic E-state index is 12.0. The van der Waals surface area contributed by atoms with Crippen molar-refractivity contribution in [1.82, 2.24) is 15.5 Å². The molecule has 0 aliphatic carbocycles. The molecule has 1 aromatic rings. The molecule has 1 fully saturated rings. The minimum Gasteiger partial charge on any atom is -0.343 e. The minimum atomic E-state index is -0.215. The predicted molar refractivity (Wildman–Crippen MR) is 82.1 cm³/mol. The van der Waals surface area contributed by atoms with E-state index in [4.69, 9.17) is 0 Å². The summed E-state index contributed by atoms with van der Waals surface area (Å²) in [4.78, 5) is 25.6. The average molecular weight is 289 g/mol. The van der Waals surface area contributed by atoms with Gasteiger partial charge in [0.25, 0.3) is 5.91 Å². The highest BCUT2D eigenvalue weighted by Crippen LogP contribution is 2.07. The van der Waals surface area contributed by atoms with Crippen LogP contribution in [0.3, 0.4) is 0 Å². The van der Waals surface area contributed by atoms with E-state index in [0.29, 0.717) is 18.2 Å². The summed E-state index contributed by atoms with van der Waals surface area (Å²) in [6.07, 6.45) is 3.53. The van der Waals surface area contributed by atoms with Gasteiger partial charge in [0.2, 0.25) is 5.91 Å². The number of carbonyl (C=O) groups excluding carboxylic acids is 2. The van der Waals surface area contributed by atoms with Crippen molar-refractivity contribution in [2.45, 2.75) is 25.3 Å². The van der Waals surface area contributed by atoms with E-state index >= 15 is 0 Å². The van der Waals surface area contributed by atoms with Crippen molar-refractivity contribution >= 4 is 11.8 Å². The Balaban J connectivity index is 1.74. The van der Waals surface area contributed by atoms with E-state index in [-0.39, 0.29) is 18.4 Å². The van der Waals surface area contributed by atoms with Crippen molar-refractivity contribution in [3.63, 3.8) is 0 Å². The van der Waals surface area contributed by atoms with Gasteiger partial charge in [-0.15, -0.1) is 0 Å². The van der Waals surface area contributed by atoms with Gasteiger partial charge in [-0.25, -0.2) is 0 Å². The van der Waals surface area contributed by atoms with Crippen LogP contribution in [0.4, 0.5) is 0 Å². The average Bonchev–Trinajstić information content (AvgIpc) is 2.54. The van der Waals surface area contributed by atoms with E-state index in [1.807, 2.05) is 6.07 Å². The van der Waals surface area contributed by atoms with Crippen LogP contribution >= 0.6 is 0 Å². The monoisotopic (exact) mass is 289 g/mol. The molecule has 1 aliphatic heterocycles. The van der Waals surface area contributed by atoms with Crippen LogP contribution in [0.2, 0.25) is 0 Å². The molecule has 0 aromatic heterocycles. The lowest BCUT2D eigenvalue weighted by Gasteiger charge is -2.28. The van der Waals surface area contributed by atoms with Gasteiger partial charge in [-0.05, 0) is 31.5 Å². The van der Waals surface area contributed by atoms with Gasteiger partial charge in [-0.1, -0.05) is 24.6 Å². The molecule has 1 heterocycles. The number of rotatable bonds is 5. The van der Waals surface area contributed by atoms with E-state index in [1.54, 1.807) is 36.2 Å². The molecule has 5 heteroatoms. The molecular weight excluding hydrogens is 266 g/mol. The van der Waals surface area contributed by atoms with Crippen LogP contribution in [-0.2, 0) is 4.79 Å². The highest BCUT2D eigenvalue weighted by molar-refractivity contribution is 5.96. The second-order valence-corrected chi connectivity index (χ2v) is 5.47. The van der Waals surface area contributed by atoms with Crippen molar-refractivity contribution in [2.24, 2.45) is 0 Å². The number of likely N-dealkylation sites (N-methyl/N-ethyl adjacent to an activating group) is 1. The van der Waals surface area contributed by atoms with Gasteiger partial charge >= 0.3 is 0 Å². The predicted octanol–water partition coefficient (Wildman–Crippen LogP) is 1.02. The van der Waals surface area contributed by atoms with E-state index in [0.717, 1.165) is 13.0 Å². The topological polar surface area (TPSA) is 61.4 Å². The molecule has 2 amide bonds. The van der Waals surface area contributed by atoms with E-state index in [9.17, 15) is 9.59 Å². The minimum absolute atomic E-state index is 0.0386. The summed E-state index contributed by atoms with van der Waals surface area (Å²) >= 11 is 0. The second-order valence-electron chi connectivity index (χ2n) is 5.47. The molecule has 1 saturated heterocycles. The van der Waals surface area contributed by atoms with Gasteiger partial charge in [0.1, 0.15) is 0 Å². The summed E-state index contributed by atoms with van der Waals surface area (Å²) in [5, 5.41) is 6.08. The lowest BCUT2D eigenvalue weighted by molar-refractivity contribution is -0.129. The Labute approximate surface area is 125 Å². The summed E-state index contributed by atoms with van der Waals surface area (Å²) in [5.41, 5.74) is 0.571. The fourth-order valence-corrected chi connectivity index (χ4v) is 2.49. The highest BCUT2D eigenvalue weighted by Gasteiger charge is 2.18. The van der Waals surface area contributed by atoms with Gasteiger partial charge < -0.3 is 15.5 Å². The number of carbonyl (C=O) groups is 2. The van der Waals surface area contributed by atoms with Crippen LogP contribution in [0.5, 0.6) is 0 Å². The summed E-state index contributed by atoms with van der Waals surface area (Å²) in [6, 6.07) is 9.30. The first-order chi connectivity index (χ1) is 10.2. The number of benzene rings is 1. The number of nitrogens with zero attached hydrogens (tertiary/aromatic N) is 1. The van der Waals surface area contributed by atoms with Crippen LogP contribution in [0.1, 0.15) is 29.6 Å². The molecule has 0 saturated carbocycles. The molecule has 114 valence electrons. The first kappa shape index (κ1) is 15.5. The SMILES string of the molecule is CN(CC1CCCCN1)C(=O)CNC(=O)c1ccccc1. The van der Waals surface area contributed by atoms with E-state index in [1.165, 1.54) is 12.8 Å². The van der Waals surface area contributed by atoms with Crippen LogP contribution in [0.25, 0.3) is 0 Å². The summed E-state index contributed by atoms with van der Waals surface area (Å²) in [6.45, 7) is 1.76. The maximum absolute atomic E-state index is 12.0. The zero-order valence-electron chi connectivity index (χ0n) is 12.5. The third kappa shape index (κ3) is 4.86. The number of piperidine rings is 1. The second kappa shape index (κ2) is 7.78. The molecule has 0 spiro atoms. The van der Waals surface area contributed by atoms with Crippen LogP contribution in [0.15, 0.2) is 30.3 Å². The summed E-state index contributed by atoms with van der Waals surface area (Å²) < 4.78 is 0. The lowest BCUT2D eigenvalue weighted by atomic mass is 10.0. The van der Waals surface area contributed by atoms with Gasteiger partial charge in [-0.2, -0.15) is 0 Å². The molecule has 1 aliphatic rings. The summed E-state index contributed by atoms with van der Waals surface area (Å²) in [5.74, 6) is -0.278. The van der Waals surface area contributed by atoms with Crippen molar-refractivity contribution in [3.05, 3.63) is 35.9 Å². The van der Waals surface area contributed by atoms with Gasteiger partial charge in [-0.3, -0.25) is 9.59 Å². The molecule has 1 unspecified atom stereocenters. The molecule has 0 bridgehead atoms. The third-order valence-corrected chi connectivity index (χ3v) is 3.77. The van der Waals surface area contributed by atoms with Crippen molar-refractivity contribution < 1.29 is 9.59 Å². The first-order valence-corrected chi connectivity index (χ1v) is 7.47. The standard InChI is InChI=1S/C16H23N3O2/c1-19(12-14-9-5-6-10-17-14)15(20)11-18-16(21)13-7-3-2-4-8-13/h2-4,7-8,14,17H,5-6,9-12H2,1H3,(H,18,21). The number of hydrogen-bond acceptors (Lipinski definition) is 3. The van der Waals surface area contributed by atoms with Crippen molar-refractivity contribution in [2.75, 3.05) is 26.7 Å². The molecule has 2 N–H and O–H groups in total. The van der Waals surface area contributed by atoms with Crippen LogP contribution in [-0.4, -0.2) is 49.4 Å². The normalized spacial score (nSPS) is 18.0. The molecule has 21 heavy (non-hydrogen) atoms. The van der Waals surface area contributed by atoms with Gasteiger partial charge in [0.05, 0.1) is 6.54 Å².